The van der Waals surface area contributed by atoms with Crippen LogP contribution in [0.1, 0.15) is 181 Å². The van der Waals surface area contributed by atoms with Crippen molar-refractivity contribution in [1.29, 1.82) is 0 Å². The quantitative estimate of drug-likeness (QED) is 0.0424. The van der Waals surface area contributed by atoms with Gasteiger partial charge < -0.3 is 56.8 Å². The maximum atomic E-state index is 11.9. The molecule has 0 N–H and O–H groups in total. The van der Waals surface area contributed by atoms with E-state index in [0.29, 0.717) is 152 Å². The molecule has 0 fully saturated rings. The molecule has 65 heavy (non-hydrogen) atoms. The highest BCUT2D eigenvalue weighted by Crippen LogP contribution is 2.14. The van der Waals surface area contributed by atoms with Crippen LogP contribution in [-0.4, -0.2) is 158 Å². The van der Waals surface area contributed by atoms with E-state index < -0.39 is 0 Å². The van der Waals surface area contributed by atoms with Crippen LogP contribution >= 0.6 is 0 Å². The topological polar surface area (TPSA) is 128 Å². The molecule has 0 rings (SSSR count). The van der Waals surface area contributed by atoms with Gasteiger partial charge in [0, 0.05) is 13.0 Å². The lowest BCUT2D eigenvalue weighted by atomic mass is 10.0. The Morgan fingerprint density at radius 2 is 0.400 bits per heavy atom. The van der Waals surface area contributed by atoms with E-state index in [1.165, 1.54) is 141 Å². The Morgan fingerprint density at radius 3 is 0.646 bits per heavy atom. The Bertz CT molecular complexity index is 856. The van der Waals surface area contributed by atoms with Crippen LogP contribution in [-0.2, 0) is 61.6 Å². The SMILES string of the molecule is CCCCCCCCCCCCCCCCCC(=O)OCCOCCOCCOCCOCCOCCOCCOCCOCCOCCOCCOCCCCCCCCCCCC. The fourth-order valence-electron chi connectivity index (χ4n) is 6.92. The van der Waals surface area contributed by atoms with Crippen LogP contribution in [0, 0.1) is 0 Å². The summed E-state index contributed by atoms with van der Waals surface area (Å²) < 4.78 is 66.2. The summed E-state index contributed by atoms with van der Waals surface area (Å²) in [5.74, 6) is -0.129. The van der Waals surface area contributed by atoms with Gasteiger partial charge in [-0.2, -0.15) is 0 Å². The molecule has 0 bridgehead atoms. The third kappa shape index (κ3) is 61.0. The summed E-state index contributed by atoms with van der Waals surface area (Å²) in [5, 5.41) is 0. The maximum absolute atomic E-state index is 11.9. The molecular formula is C52H104O13. The molecule has 390 valence electrons. The van der Waals surface area contributed by atoms with Gasteiger partial charge in [0.15, 0.2) is 0 Å². The lowest BCUT2D eigenvalue weighted by Gasteiger charge is -2.09. The van der Waals surface area contributed by atoms with Gasteiger partial charge in [-0.3, -0.25) is 4.79 Å². The smallest absolute Gasteiger partial charge is 0.305 e. The second-order valence-electron chi connectivity index (χ2n) is 16.8. The van der Waals surface area contributed by atoms with E-state index in [9.17, 15) is 4.79 Å². The average molecular weight is 937 g/mol. The monoisotopic (exact) mass is 937 g/mol. The molecule has 13 heteroatoms. The first-order chi connectivity index (χ1) is 32.3. The second kappa shape index (κ2) is 61.0. The highest BCUT2D eigenvalue weighted by atomic mass is 16.6. The van der Waals surface area contributed by atoms with E-state index >= 15 is 0 Å². The average Bonchev–Trinajstić information content (AvgIpc) is 3.31. The molecule has 0 saturated carbocycles. The summed E-state index contributed by atoms with van der Waals surface area (Å²) in [6.45, 7) is 16.5. The molecule has 0 aromatic rings. The Labute approximate surface area is 399 Å². The zero-order chi connectivity index (χ0) is 46.7. The van der Waals surface area contributed by atoms with Gasteiger partial charge in [0.2, 0.25) is 0 Å². The summed E-state index contributed by atoms with van der Waals surface area (Å²) in [6, 6.07) is 0. The molecule has 0 saturated heterocycles. The number of unbranched alkanes of at least 4 members (excludes halogenated alkanes) is 23. The fraction of sp³-hybridized carbons (Fsp3) is 0.981. The van der Waals surface area contributed by atoms with Crippen molar-refractivity contribution in [3.63, 3.8) is 0 Å². The predicted molar refractivity (Wildman–Crippen MR) is 261 cm³/mol. The van der Waals surface area contributed by atoms with Gasteiger partial charge >= 0.3 is 5.97 Å². The fourth-order valence-corrected chi connectivity index (χ4v) is 6.92. The minimum atomic E-state index is -0.129. The molecule has 0 unspecified atom stereocenters. The van der Waals surface area contributed by atoms with Crippen LogP contribution in [0.4, 0.5) is 0 Å². The summed E-state index contributed by atoms with van der Waals surface area (Å²) in [7, 11) is 0. The first-order valence-electron chi connectivity index (χ1n) is 26.8. The molecule has 0 radical (unpaired) electrons. The van der Waals surface area contributed by atoms with Crippen LogP contribution in [0.25, 0.3) is 0 Å². The maximum Gasteiger partial charge on any atom is 0.305 e. The number of rotatable bonds is 60. The number of carbonyl (C=O) groups is 1. The largest absolute Gasteiger partial charge is 0.463 e. The van der Waals surface area contributed by atoms with Crippen molar-refractivity contribution in [3.05, 3.63) is 0 Å². The molecule has 13 nitrogen and oxygen atoms in total. The highest BCUT2D eigenvalue weighted by Gasteiger charge is 2.03. The van der Waals surface area contributed by atoms with Gasteiger partial charge in [-0.15, -0.1) is 0 Å². The second-order valence-corrected chi connectivity index (χ2v) is 16.8. The number of ether oxygens (including phenoxy) is 12. The van der Waals surface area contributed by atoms with Crippen LogP contribution in [0.5, 0.6) is 0 Å². The lowest BCUT2D eigenvalue weighted by Crippen LogP contribution is -2.15. The summed E-state index contributed by atoms with van der Waals surface area (Å²) in [4.78, 5) is 11.9. The van der Waals surface area contributed by atoms with Crippen molar-refractivity contribution < 1.29 is 61.6 Å². The molecular weight excluding hydrogens is 833 g/mol. The molecule has 0 atom stereocenters. The van der Waals surface area contributed by atoms with Gasteiger partial charge in [-0.1, -0.05) is 162 Å². The first kappa shape index (κ1) is 64.0. The number of carbonyl (C=O) groups excluding carboxylic acids is 1. The predicted octanol–water partition coefficient (Wildman–Crippen LogP) is 10.9. The molecule has 0 aromatic carbocycles. The third-order valence-corrected chi connectivity index (χ3v) is 10.8. The summed E-state index contributed by atoms with van der Waals surface area (Å²) >= 11 is 0. The minimum Gasteiger partial charge on any atom is -0.463 e. The lowest BCUT2D eigenvalue weighted by molar-refractivity contribution is -0.145. The van der Waals surface area contributed by atoms with E-state index in [4.69, 9.17) is 56.8 Å². The van der Waals surface area contributed by atoms with Crippen molar-refractivity contribution in [2.75, 3.05) is 152 Å². The number of esters is 1. The van der Waals surface area contributed by atoms with Gasteiger partial charge in [-0.05, 0) is 12.8 Å². The van der Waals surface area contributed by atoms with E-state index in [1.54, 1.807) is 0 Å². The van der Waals surface area contributed by atoms with Crippen molar-refractivity contribution in [3.8, 4) is 0 Å². The normalized spacial score (nSPS) is 11.6. The minimum absolute atomic E-state index is 0.129. The molecule has 0 heterocycles. The Balaban J connectivity index is 3.12. The molecule has 0 aliphatic rings. The van der Waals surface area contributed by atoms with E-state index in [1.807, 2.05) is 0 Å². The van der Waals surface area contributed by atoms with E-state index in [0.717, 1.165) is 25.9 Å². The standard InChI is InChI=1S/C52H104O13/c1-3-5-7-9-11-13-15-16-17-18-19-20-22-24-26-28-52(53)65-51-50-64-49-48-63-47-46-62-45-44-61-43-42-60-41-40-59-39-38-58-37-36-57-35-34-56-33-32-55-31-30-54-29-27-25-23-21-14-12-10-8-6-4-2/h3-51H2,1-2H3. The van der Waals surface area contributed by atoms with Gasteiger partial charge in [0.25, 0.3) is 0 Å². The molecule has 0 amide bonds. The van der Waals surface area contributed by atoms with E-state index in [2.05, 4.69) is 13.8 Å². The molecule has 0 aliphatic carbocycles. The molecule has 0 aliphatic heterocycles. The third-order valence-electron chi connectivity index (χ3n) is 10.8. The van der Waals surface area contributed by atoms with Crippen molar-refractivity contribution in [1.82, 2.24) is 0 Å². The Morgan fingerprint density at radius 1 is 0.215 bits per heavy atom. The molecule has 0 aromatic heterocycles. The van der Waals surface area contributed by atoms with Crippen LogP contribution in [0.2, 0.25) is 0 Å². The molecule has 0 spiro atoms. The van der Waals surface area contributed by atoms with Gasteiger partial charge in [-0.25, -0.2) is 0 Å². The Kier molecular flexibility index (Phi) is 60.1. The van der Waals surface area contributed by atoms with Gasteiger partial charge in [0.05, 0.1) is 139 Å². The summed E-state index contributed by atoms with van der Waals surface area (Å²) in [6.07, 6.45) is 33.6. The Hall–Kier alpha value is -0.970. The van der Waals surface area contributed by atoms with Crippen LogP contribution in [0.15, 0.2) is 0 Å². The first-order valence-corrected chi connectivity index (χ1v) is 26.8. The van der Waals surface area contributed by atoms with Crippen molar-refractivity contribution in [2.24, 2.45) is 0 Å². The van der Waals surface area contributed by atoms with E-state index in [-0.39, 0.29) is 5.97 Å². The van der Waals surface area contributed by atoms with Crippen molar-refractivity contribution >= 4 is 5.97 Å². The van der Waals surface area contributed by atoms with Crippen LogP contribution < -0.4 is 0 Å². The van der Waals surface area contributed by atoms with Crippen LogP contribution in [0.3, 0.4) is 0 Å². The van der Waals surface area contributed by atoms with Gasteiger partial charge in [0.1, 0.15) is 6.61 Å². The zero-order valence-electron chi connectivity index (χ0n) is 42.5. The van der Waals surface area contributed by atoms with Crippen molar-refractivity contribution in [2.45, 2.75) is 181 Å². The number of hydrogen-bond acceptors (Lipinski definition) is 13. The summed E-state index contributed by atoms with van der Waals surface area (Å²) in [5.41, 5.74) is 0. The zero-order valence-corrected chi connectivity index (χ0v) is 42.5. The highest BCUT2D eigenvalue weighted by molar-refractivity contribution is 5.69. The number of hydrogen-bond donors (Lipinski definition) is 0.